The van der Waals surface area contributed by atoms with Crippen molar-refractivity contribution in [3.8, 4) is 0 Å². The summed E-state index contributed by atoms with van der Waals surface area (Å²) >= 11 is 3.37. The second-order valence-electron chi connectivity index (χ2n) is 5.22. The topological polar surface area (TPSA) is 82.6 Å². The molecule has 0 amide bonds. The minimum absolute atomic E-state index is 0. The average Bonchev–Trinajstić information content (AvgIpc) is 2.95. The number of hydrazine groups is 2. The summed E-state index contributed by atoms with van der Waals surface area (Å²) in [7, 11) is 0. The van der Waals surface area contributed by atoms with Gasteiger partial charge in [-0.15, -0.1) is 5.53 Å². The predicted octanol–water partition coefficient (Wildman–Crippen LogP) is 3.09. The second-order valence-corrected chi connectivity index (χ2v) is 5.78. The summed E-state index contributed by atoms with van der Waals surface area (Å²) in [6.45, 7) is 0. The van der Waals surface area contributed by atoms with Crippen LogP contribution in [-0.2, 0) is 0 Å². The van der Waals surface area contributed by atoms with Crippen molar-refractivity contribution < 1.29 is 19.4 Å². The molecule has 0 bridgehead atoms. The number of halogens is 3. The molecule has 2 aliphatic rings. The van der Waals surface area contributed by atoms with Gasteiger partial charge in [-0.05, 0) is 24.3 Å². The van der Waals surface area contributed by atoms with E-state index in [1.165, 1.54) is 11.1 Å². The van der Waals surface area contributed by atoms with Crippen LogP contribution in [0.15, 0.2) is 59.0 Å². The summed E-state index contributed by atoms with van der Waals surface area (Å²) in [4.78, 5) is 4.53. The van der Waals surface area contributed by atoms with Crippen LogP contribution in [0, 0.1) is 11.6 Å². The molecule has 0 aromatic heterocycles. The molecule has 2 aromatic carbocycles. The van der Waals surface area contributed by atoms with Crippen LogP contribution in [0.5, 0.6) is 0 Å². The van der Waals surface area contributed by atoms with Gasteiger partial charge in [-0.1, -0.05) is 28.1 Å². The van der Waals surface area contributed by atoms with Crippen molar-refractivity contribution in [1.29, 1.82) is 0 Å². The number of benzene rings is 2. The first-order valence-electron chi connectivity index (χ1n) is 7.08. The van der Waals surface area contributed by atoms with E-state index in [4.69, 9.17) is 0 Å². The zero-order valence-electron chi connectivity index (χ0n) is 12.7. The molecule has 0 fully saturated rings. The van der Waals surface area contributed by atoms with Crippen LogP contribution in [0.25, 0.3) is 0 Å². The Morgan fingerprint density at radius 1 is 1.08 bits per heavy atom. The van der Waals surface area contributed by atoms with Crippen LogP contribution in [-0.4, -0.2) is 21.6 Å². The molecule has 0 saturated heterocycles. The predicted molar refractivity (Wildman–Crippen MR) is 95.1 cm³/mol. The van der Waals surface area contributed by atoms with Crippen molar-refractivity contribution in [2.24, 2.45) is 4.99 Å². The number of aliphatic imine (C=N–C) groups is 1. The number of anilines is 2. The zero-order valence-corrected chi connectivity index (χ0v) is 14.3. The molecule has 2 aliphatic heterocycles. The Morgan fingerprint density at radius 3 is 2.56 bits per heavy atom. The third-order valence-electron chi connectivity index (χ3n) is 3.79. The lowest BCUT2D eigenvalue weighted by Gasteiger charge is -2.28. The Balaban J connectivity index is 0.00000182. The first-order valence-corrected chi connectivity index (χ1v) is 8.20. The van der Waals surface area contributed by atoms with Crippen LogP contribution in [0.3, 0.4) is 0 Å². The van der Waals surface area contributed by atoms with Crippen LogP contribution < -0.4 is 15.6 Å². The molecule has 0 radical (unpaired) electrons. The van der Waals surface area contributed by atoms with Gasteiger partial charge >= 0.3 is 0 Å². The van der Waals surface area contributed by atoms with Gasteiger partial charge in [0, 0.05) is 11.4 Å². The van der Waals surface area contributed by atoms with Gasteiger partial charge in [0.25, 0.3) is 0 Å². The molecule has 0 atom stereocenters. The first kappa shape index (κ1) is 17.3. The minimum Gasteiger partial charge on any atom is -0.492 e. The Bertz CT molecular complexity index is 903. The van der Waals surface area contributed by atoms with Gasteiger partial charge in [0.05, 0.1) is 22.8 Å². The molecule has 0 spiro atoms. The van der Waals surface area contributed by atoms with Crippen molar-refractivity contribution >= 4 is 38.7 Å². The summed E-state index contributed by atoms with van der Waals surface area (Å²) in [5.41, 5.74) is 5.79. The summed E-state index contributed by atoms with van der Waals surface area (Å²) in [5.74, 6) is -2.09. The number of allylic oxidation sites excluding steroid dienone is 1. The van der Waals surface area contributed by atoms with E-state index < -0.39 is 11.6 Å². The van der Waals surface area contributed by atoms with E-state index in [1.54, 1.807) is 5.01 Å². The largest absolute Gasteiger partial charge is 0.492 e. The number of nitrogens with one attached hydrogen (secondary N) is 1. The fourth-order valence-electron chi connectivity index (χ4n) is 2.68. The van der Waals surface area contributed by atoms with E-state index in [9.17, 15) is 13.9 Å². The van der Waals surface area contributed by atoms with Gasteiger partial charge in [0.1, 0.15) is 5.70 Å². The van der Waals surface area contributed by atoms with Crippen molar-refractivity contribution in [2.45, 2.75) is 0 Å². The van der Waals surface area contributed by atoms with E-state index in [0.717, 1.165) is 23.5 Å². The third kappa shape index (κ3) is 2.66. The van der Waals surface area contributed by atoms with E-state index >= 15 is 0 Å². The van der Waals surface area contributed by atoms with Gasteiger partial charge < -0.3 is 10.6 Å². The van der Waals surface area contributed by atoms with E-state index in [2.05, 4.69) is 26.5 Å². The molecule has 4 rings (SSSR count). The highest BCUT2D eigenvalue weighted by atomic mass is 79.9. The summed E-state index contributed by atoms with van der Waals surface area (Å²) in [6.07, 6.45) is 0. The number of aliphatic hydroxyl groups excluding tert-OH is 1. The summed E-state index contributed by atoms with van der Waals surface area (Å²) in [5, 5.41) is 14.0. The molecule has 9 heteroatoms. The molecule has 25 heavy (non-hydrogen) atoms. The average molecular weight is 411 g/mol. The third-order valence-corrected chi connectivity index (χ3v) is 4.32. The van der Waals surface area contributed by atoms with Crippen molar-refractivity contribution in [3.05, 3.63) is 65.7 Å². The number of alkyl halides is 1. The number of para-hydroxylation sites is 2. The number of hydrogen-bond acceptors (Lipinski definition) is 5. The number of nitrogens with zero attached hydrogens (tertiary/aromatic N) is 3. The molecular weight excluding hydrogens is 398 g/mol. The maximum absolute atomic E-state index is 13.5. The van der Waals surface area contributed by atoms with Gasteiger partial charge in [-0.25, -0.2) is 23.8 Å². The van der Waals surface area contributed by atoms with E-state index in [0.29, 0.717) is 16.7 Å². The summed E-state index contributed by atoms with van der Waals surface area (Å²) < 4.78 is 26.7. The van der Waals surface area contributed by atoms with Crippen LogP contribution >= 0.6 is 15.9 Å². The Kier molecular flexibility index (Phi) is 4.46. The number of rotatable bonds is 2. The first-order chi connectivity index (χ1) is 11.6. The molecule has 0 aliphatic carbocycles. The normalized spacial score (nSPS) is 15.6. The highest BCUT2D eigenvalue weighted by Gasteiger charge is 2.37. The Labute approximate surface area is 150 Å². The van der Waals surface area contributed by atoms with Gasteiger partial charge in [-0.3, -0.25) is 0 Å². The summed E-state index contributed by atoms with van der Waals surface area (Å²) in [6, 6.07) is 10.8. The second kappa shape index (κ2) is 6.43. The minimum atomic E-state index is -0.994. The molecule has 0 saturated carbocycles. The lowest BCUT2D eigenvalue weighted by atomic mass is 10.1. The highest BCUT2D eigenvalue weighted by molar-refractivity contribution is 9.09. The Morgan fingerprint density at radius 2 is 1.84 bits per heavy atom. The lowest BCUT2D eigenvalue weighted by molar-refractivity contribution is 0.388. The fraction of sp³-hybridized carbons (Fsp3) is 0.0625. The molecular formula is C16H13BrF2N4O2. The molecule has 130 valence electrons. The maximum Gasteiger partial charge on any atom is 0.236 e. The maximum atomic E-state index is 13.5. The van der Waals surface area contributed by atoms with Crippen LogP contribution in [0.4, 0.5) is 25.8 Å². The molecule has 2 aromatic rings. The zero-order chi connectivity index (χ0) is 16.8. The number of hydrogen-bond donors (Lipinski definition) is 2. The SMILES string of the molecule is O.OC1=C2C(CBr)=Nc3ccccc3N2NN1c1ccc(F)c(F)c1. The van der Waals surface area contributed by atoms with Crippen LogP contribution in [0.2, 0.25) is 0 Å². The van der Waals surface area contributed by atoms with Gasteiger partial charge in [-0.2, -0.15) is 0 Å². The smallest absolute Gasteiger partial charge is 0.236 e. The molecule has 6 nitrogen and oxygen atoms in total. The number of aliphatic hydroxyl groups is 1. The Hall–Kier alpha value is -2.49. The number of fused-ring (bicyclic) bond motifs is 3. The molecule has 0 unspecified atom stereocenters. The molecule has 2 heterocycles. The van der Waals surface area contributed by atoms with Crippen molar-refractivity contribution in [2.75, 3.05) is 15.3 Å². The standard InChI is InChI=1S/C16H11BrF2N4O.H2O/c17-8-13-15-16(24)22(9-5-6-10(18)11(19)7-9)21-23(15)14-4-2-1-3-12(14)20-13;/h1-7,21,24H,8H2;1H2. The van der Waals surface area contributed by atoms with E-state index in [-0.39, 0.29) is 17.0 Å². The monoisotopic (exact) mass is 410 g/mol. The lowest BCUT2D eigenvalue weighted by Crippen LogP contribution is -2.43. The highest BCUT2D eigenvalue weighted by Crippen LogP contribution is 2.39. The fourth-order valence-corrected chi connectivity index (χ4v) is 3.07. The van der Waals surface area contributed by atoms with Gasteiger partial charge in [0.15, 0.2) is 11.6 Å². The van der Waals surface area contributed by atoms with Crippen molar-refractivity contribution in [3.63, 3.8) is 0 Å². The van der Waals surface area contributed by atoms with Gasteiger partial charge in [0.2, 0.25) is 5.88 Å². The van der Waals surface area contributed by atoms with E-state index in [1.807, 2.05) is 24.3 Å². The molecule has 4 N–H and O–H groups in total. The quantitative estimate of drug-likeness (QED) is 0.745. The van der Waals surface area contributed by atoms with Crippen LogP contribution in [0.1, 0.15) is 0 Å². The van der Waals surface area contributed by atoms with Crippen molar-refractivity contribution in [1.82, 2.24) is 5.53 Å².